The molecule has 16 heavy (non-hydrogen) atoms. The predicted octanol–water partition coefficient (Wildman–Crippen LogP) is 1.46. The Morgan fingerprint density at radius 2 is 2.12 bits per heavy atom. The van der Waals surface area contributed by atoms with Gasteiger partial charge in [0, 0.05) is 35.9 Å². The molecule has 0 aliphatic rings. The first-order chi connectivity index (χ1) is 7.56. The molecule has 5 nitrogen and oxygen atoms in total. The molecule has 1 rings (SSSR count). The molecule has 2 unspecified atom stereocenters. The van der Waals surface area contributed by atoms with Gasteiger partial charge in [-0.2, -0.15) is 0 Å². The van der Waals surface area contributed by atoms with Gasteiger partial charge in [-0.25, -0.2) is 9.97 Å². The first-order valence-electron chi connectivity index (χ1n) is 4.80. The Hall–Kier alpha value is -0.690. The molecule has 0 amide bonds. The highest BCUT2D eigenvalue weighted by atomic mass is 79.9. The van der Waals surface area contributed by atoms with Gasteiger partial charge in [0.1, 0.15) is 22.4 Å². The summed E-state index contributed by atoms with van der Waals surface area (Å²) in [6, 6.07) is 0. The number of aromatic nitrogens is 2. The van der Waals surface area contributed by atoms with Crippen molar-refractivity contribution in [3.63, 3.8) is 0 Å². The normalized spacial score (nSPS) is 14.2. The summed E-state index contributed by atoms with van der Waals surface area (Å²) in [5.41, 5.74) is 0. The number of hydrogen-bond acceptors (Lipinski definition) is 5. The van der Waals surface area contributed by atoms with Crippen LogP contribution in [0.1, 0.15) is 6.92 Å². The van der Waals surface area contributed by atoms with Crippen molar-refractivity contribution in [2.75, 3.05) is 30.5 Å². The predicted molar refractivity (Wildman–Crippen MR) is 71.3 cm³/mol. The summed E-state index contributed by atoms with van der Waals surface area (Å²) in [6.45, 7) is 2.54. The number of hydrogen-bond donors (Lipinski definition) is 2. The van der Waals surface area contributed by atoms with E-state index < -0.39 is 10.8 Å². The minimum atomic E-state index is -0.835. The van der Waals surface area contributed by atoms with Crippen LogP contribution in [-0.4, -0.2) is 39.3 Å². The van der Waals surface area contributed by atoms with E-state index in [2.05, 4.69) is 36.5 Å². The summed E-state index contributed by atoms with van der Waals surface area (Å²) >= 11 is 3.40. The zero-order valence-electron chi connectivity index (χ0n) is 9.45. The van der Waals surface area contributed by atoms with Crippen molar-refractivity contribution in [3.05, 3.63) is 10.8 Å². The van der Waals surface area contributed by atoms with Gasteiger partial charge in [-0.05, 0) is 22.9 Å². The number of anilines is 2. The maximum atomic E-state index is 11.2. The molecule has 0 spiro atoms. The van der Waals surface area contributed by atoms with E-state index in [4.69, 9.17) is 0 Å². The molecule has 0 aliphatic heterocycles. The van der Waals surface area contributed by atoms with Crippen molar-refractivity contribution in [2.45, 2.75) is 12.2 Å². The van der Waals surface area contributed by atoms with E-state index in [1.807, 2.05) is 6.92 Å². The van der Waals surface area contributed by atoms with Crippen LogP contribution in [-0.2, 0) is 10.8 Å². The quantitative estimate of drug-likeness (QED) is 0.862. The van der Waals surface area contributed by atoms with Gasteiger partial charge in [0.2, 0.25) is 0 Å². The van der Waals surface area contributed by atoms with Crippen LogP contribution in [0.3, 0.4) is 0 Å². The Kier molecular flexibility index (Phi) is 5.14. The third kappa shape index (κ3) is 3.41. The van der Waals surface area contributed by atoms with Crippen LogP contribution >= 0.6 is 15.9 Å². The van der Waals surface area contributed by atoms with E-state index in [0.29, 0.717) is 12.4 Å². The standard InChI is InChI=1S/C9H15BrN4OS/c1-6(16(3)15)4-12-9-7(10)8(11-2)13-5-14-9/h5-6H,4H2,1-3H3,(H2,11,12,13,14). The average molecular weight is 307 g/mol. The Labute approximate surface area is 106 Å². The minimum absolute atomic E-state index is 0.0832. The van der Waals surface area contributed by atoms with E-state index in [1.165, 1.54) is 6.33 Å². The molecule has 0 radical (unpaired) electrons. The summed E-state index contributed by atoms with van der Waals surface area (Å²) in [6.07, 6.45) is 3.17. The second-order valence-electron chi connectivity index (χ2n) is 3.32. The highest BCUT2D eigenvalue weighted by Gasteiger charge is 2.10. The molecule has 0 aromatic carbocycles. The van der Waals surface area contributed by atoms with Crippen LogP contribution in [0.4, 0.5) is 11.6 Å². The topological polar surface area (TPSA) is 66.9 Å². The lowest BCUT2D eigenvalue weighted by atomic mass is 10.4. The van der Waals surface area contributed by atoms with Crippen molar-refractivity contribution >= 4 is 38.4 Å². The Morgan fingerprint density at radius 3 is 2.69 bits per heavy atom. The van der Waals surface area contributed by atoms with Crippen molar-refractivity contribution in [1.29, 1.82) is 0 Å². The molecular formula is C9H15BrN4OS. The highest BCUT2D eigenvalue weighted by molar-refractivity contribution is 9.10. The van der Waals surface area contributed by atoms with Gasteiger partial charge in [0.25, 0.3) is 0 Å². The van der Waals surface area contributed by atoms with Gasteiger partial charge in [-0.3, -0.25) is 4.21 Å². The highest BCUT2D eigenvalue weighted by Crippen LogP contribution is 2.25. The number of halogens is 1. The molecule has 7 heteroatoms. The third-order valence-electron chi connectivity index (χ3n) is 2.15. The van der Waals surface area contributed by atoms with E-state index in [9.17, 15) is 4.21 Å². The molecule has 90 valence electrons. The first-order valence-corrected chi connectivity index (χ1v) is 7.22. The van der Waals surface area contributed by atoms with Gasteiger partial charge < -0.3 is 10.6 Å². The van der Waals surface area contributed by atoms with Crippen molar-refractivity contribution < 1.29 is 4.21 Å². The van der Waals surface area contributed by atoms with Gasteiger partial charge >= 0.3 is 0 Å². The SMILES string of the molecule is CNc1ncnc(NCC(C)S(C)=O)c1Br. The van der Waals surface area contributed by atoms with Crippen LogP contribution in [0.25, 0.3) is 0 Å². The third-order valence-corrected chi connectivity index (χ3v) is 4.20. The summed E-state index contributed by atoms with van der Waals surface area (Å²) in [5.74, 6) is 1.43. The zero-order chi connectivity index (χ0) is 12.1. The second-order valence-corrected chi connectivity index (χ2v) is 5.92. The van der Waals surface area contributed by atoms with Crippen molar-refractivity contribution in [2.24, 2.45) is 0 Å². The number of nitrogens with one attached hydrogen (secondary N) is 2. The van der Waals surface area contributed by atoms with Gasteiger partial charge in [-0.15, -0.1) is 0 Å². The molecular weight excluding hydrogens is 292 g/mol. The zero-order valence-corrected chi connectivity index (χ0v) is 11.9. The molecule has 1 aromatic heterocycles. The lowest BCUT2D eigenvalue weighted by Gasteiger charge is -2.12. The van der Waals surface area contributed by atoms with Gasteiger partial charge in [0.05, 0.1) is 0 Å². The summed E-state index contributed by atoms with van der Waals surface area (Å²) < 4.78 is 12.0. The van der Waals surface area contributed by atoms with E-state index in [-0.39, 0.29) is 5.25 Å². The fourth-order valence-corrected chi connectivity index (χ4v) is 1.89. The Morgan fingerprint density at radius 1 is 1.50 bits per heavy atom. The van der Waals surface area contributed by atoms with Crippen molar-refractivity contribution in [1.82, 2.24) is 9.97 Å². The largest absolute Gasteiger partial charge is 0.372 e. The molecule has 0 saturated heterocycles. The molecule has 2 N–H and O–H groups in total. The fraction of sp³-hybridized carbons (Fsp3) is 0.556. The number of rotatable bonds is 5. The maximum Gasteiger partial charge on any atom is 0.145 e. The maximum absolute atomic E-state index is 11.2. The molecule has 0 fully saturated rings. The fourth-order valence-electron chi connectivity index (χ4n) is 1.03. The summed E-state index contributed by atoms with van der Waals surface area (Å²) in [7, 11) is 0.958. The average Bonchev–Trinajstić information content (AvgIpc) is 2.27. The molecule has 0 bridgehead atoms. The summed E-state index contributed by atoms with van der Waals surface area (Å²) in [5, 5.41) is 6.17. The van der Waals surface area contributed by atoms with Gasteiger partial charge in [-0.1, -0.05) is 0 Å². The monoisotopic (exact) mass is 306 g/mol. The number of nitrogens with zero attached hydrogens (tertiary/aromatic N) is 2. The van der Waals surface area contributed by atoms with Crippen LogP contribution in [0.15, 0.2) is 10.8 Å². The van der Waals surface area contributed by atoms with Gasteiger partial charge in [0.15, 0.2) is 0 Å². The lowest BCUT2D eigenvalue weighted by Crippen LogP contribution is -2.21. The van der Waals surface area contributed by atoms with E-state index in [0.717, 1.165) is 10.3 Å². The molecule has 0 saturated carbocycles. The van der Waals surface area contributed by atoms with Crippen molar-refractivity contribution in [3.8, 4) is 0 Å². The molecule has 1 aromatic rings. The summed E-state index contributed by atoms with van der Waals surface area (Å²) in [4.78, 5) is 8.16. The molecule has 1 heterocycles. The second kappa shape index (κ2) is 6.15. The smallest absolute Gasteiger partial charge is 0.145 e. The Balaban J connectivity index is 2.71. The van der Waals surface area contributed by atoms with Crippen LogP contribution in [0.5, 0.6) is 0 Å². The Bertz CT molecular complexity index is 388. The lowest BCUT2D eigenvalue weighted by molar-refractivity contribution is 0.678. The minimum Gasteiger partial charge on any atom is -0.372 e. The first kappa shape index (κ1) is 13.4. The van der Waals surface area contributed by atoms with Crippen LogP contribution < -0.4 is 10.6 Å². The van der Waals surface area contributed by atoms with E-state index in [1.54, 1.807) is 13.3 Å². The van der Waals surface area contributed by atoms with E-state index >= 15 is 0 Å². The van der Waals surface area contributed by atoms with Crippen LogP contribution in [0, 0.1) is 0 Å². The molecule has 2 atom stereocenters. The van der Waals surface area contributed by atoms with Crippen LogP contribution in [0.2, 0.25) is 0 Å². The molecule has 0 aliphatic carbocycles.